The van der Waals surface area contributed by atoms with E-state index in [1.807, 2.05) is 0 Å². The second-order valence-corrected chi connectivity index (χ2v) is 7.58. The molecule has 0 saturated carbocycles. The highest BCUT2D eigenvalue weighted by Gasteiger charge is 2.28. The third kappa shape index (κ3) is 8.52. The van der Waals surface area contributed by atoms with Crippen LogP contribution in [0.2, 0.25) is 0 Å². The largest absolute Gasteiger partial charge is 0.508 e. The van der Waals surface area contributed by atoms with E-state index in [1.54, 1.807) is 42.5 Å². The van der Waals surface area contributed by atoms with E-state index >= 15 is 0 Å². The van der Waals surface area contributed by atoms with Gasteiger partial charge in [0.1, 0.15) is 24.4 Å². The van der Waals surface area contributed by atoms with Crippen LogP contribution in [0.4, 0.5) is 0 Å². The quantitative estimate of drug-likeness (QED) is 0.197. The Balaban J connectivity index is 2.10. The normalized spacial score (nSPS) is 13.2. The highest BCUT2D eigenvalue weighted by molar-refractivity contribution is 5.94. The molecule has 3 unspecified atom stereocenters. The van der Waals surface area contributed by atoms with Gasteiger partial charge in [-0.1, -0.05) is 42.5 Å². The summed E-state index contributed by atoms with van der Waals surface area (Å²) >= 11 is 0. The molecule has 0 radical (unpaired) electrons. The van der Waals surface area contributed by atoms with Crippen molar-refractivity contribution in [1.29, 1.82) is 0 Å². The summed E-state index contributed by atoms with van der Waals surface area (Å²) in [4.78, 5) is 48.4. The maximum atomic E-state index is 12.9. The lowest BCUT2D eigenvalue weighted by molar-refractivity contribution is -0.138. The van der Waals surface area contributed by atoms with E-state index in [9.17, 15) is 29.4 Å². The van der Waals surface area contributed by atoms with E-state index in [-0.39, 0.29) is 18.6 Å². The number of phenolic OH excluding ortho intramolecular Hbond substituents is 1. The number of carbonyl (C=O) groups is 4. The molecule has 3 atom stereocenters. The minimum absolute atomic E-state index is 0.0761. The number of nitrogens with one attached hydrogen (secondary N) is 3. The lowest BCUT2D eigenvalue weighted by Crippen LogP contribution is -2.57. The number of rotatable bonds is 12. The molecule has 34 heavy (non-hydrogen) atoms. The number of benzene rings is 2. The van der Waals surface area contributed by atoms with Gasteiger partial charge in [-0.15, -0.1) is 0 Å². The van der Waals surface area contributed by atoms with E-state index in [1.165, 1.54) is 12.1 Å². The number of aliphatic hydroxyl groups excluding tert-OH is 1. The molecule has 0 fully saturated rings. The Morgan fingerprint density at radius 1 is 0.794 bits per heavy atom. The minimum atomic E-state index is -1.41. The zero-order valence-electron chi connectivity index (χ0n) is 18.3. The van der Waals surface area contributed by atoms with Crippen molar-refractivity contribution in [3.8, 4) is 5.75 Å². The molecule has 0 aromatic heterocycles. The van der Waals surface area contributed by atoms with Gasteiger partial charge in [-0.25, -0.2) is 0 Å². The van der Waals surface area contributed by atoms with Gasteiger partial charge in [-0.05, 0) is 29.7 Å². The third-order valence-corrected chi connectivity index (χ3v) is 4.87. The second-order valence-electron chi connectivity index (χ2n) is 7.58. The van der Waals surface area contributed by atoms with Gasteiger partial charge >= 0.3 is 5.97 Å². The molecule has 8 N–H and O–H groups in total. The fourth-order valence-corrected chi connectivity index (χ4v) is 3.07. The number of phenols is 1. The van der Waals surface area contributed by atoms with Gasteiger partial charge in [0, 0.05) is 6.42 Å². The predicted octanol–water partition coefficient (Wildman–Crippen LogP) is -1.33. The Morgan fingerprint density at radius 3 is 1.97 bits per heavy atom. The molecule has 0 bridgehead atoms. The van der Waals surface area contributed by atoms with Crippen molar-refractivity contribution in [2.45, 2.75) is 31.0 Å². The number of hydrogen-bond donors (Lipinski definition) is 7. The van der Waals surface area contributed by atoms with E-state index < -0.39 is 55.0 Å². The number of carboxylic acids is 1. The monoisotopic (exact) mass is 472 g/mol. The molecule has 11 nitrogen and oxygen atoms in total. The molecule has 0 heterocycles. The molecule has 0 aliphatic heterocycles. The van der Waals surface area contributed by atoms with Crippen LogP contribution in [0.1, 0.15) is 11.1 Å². The predicted molar refractivity (Wildman–Crippen MR) is 122 cm³/mol. The molecule has 182 valence electrons. The van der Waals surface area contributed by atoms with Crippen LogP contribution >= 0.6 is 0 Å². The van der Waals surface area contributed by atoms with Crippen LogP contribution in [0, 0.1) is 0 Å². The smallest absolute Gasteiger partial charge is 0.322 e. The Labute approximate surface area is 196 Å². The van der Waals surface area contributed by atoms with Gasteiger partial charge in [0.15, 0.2) is 0 Å². The number of amides is 3. The standard InChI is InChI=1S/C23H28N4O7/c24-17(10-15-6-8-16(29)9-7-15)21(32)26-18(11-14-4-2-1-3-5-14)23(34)27-19(13-28)22(33)25-12-20(30)31/h1-9,17-19,28-29H,10-13,24H2,(H,25,33)(H,26,32)(H,27,34)(H,30,31). The van der Waals surface area contributed by atoms with Crippen molar-refractivity contribution in [2.24, 2.45) is 5.73 Å². The summed E-state index contributed by atoms with van der Waals surface area (Å²) in [5.74, 6) is -3.45. The molecule has 2 aromatic rings. The van der Waals surface area contributed by atoms with Crippen LogP contribution in [-0.4, -0.2) is 70.3 Å². The summed E-state index contributed by atoms with van der Waals surface area (Å²) in [5, 5.41) is 34.5. The molecule has 0 spiro atoms. The number of hydrogen-bond acceptors (Lipinski definition) is 7. The number of aliphatic carboxylic acids is 1. The van der Waals surface area contributed by atoms with Gasteiger partial charge in [-0.2, -0.15) is 0 Å². The molecular weight excluding hydrogens is 444 g/mol. The fraction of sp³-hybridized carbons (Fsp3) is 0.304. The summed E-state index contributed by atoms with van der Waals surface area (Å²) in [6.07, 6.45) is 0.238. The summed E-state index contributed by atoms with van der Waals surface area (Å²) in [5.41, 5.74) is 7.44. The van der Waals surface area contributed by atoms with Gasteiger partial charge in [0.05, 0.1) is 12.6 Å². The second kappa shape index (κ2) is 12.9. The Hall–Kier alpha value is -3.96. The zero-order valence-corrected chi connectivity index (χ0v) is 18.3. The van der Waals surface area contributed by atoms with Crippen molar-refractivity contribution in [2.75, 3.05) is 13.2 Å². The number of aromatic hydroxyl groups is 1. The molecule has 0 saturated heterocycles. The van der Waals surface area contributed by atoms with Gasteiger partial charge in [-0.3, -0.25) is 19.2 Å². The first kappa shape index (κ1) is 26.3. The van der Waals surface area contributed by atoms with Gasteiger partial charge < -0.3 is 37.0 Å². The average Bonchev–Trinajstić information content (AvgIpc) is 2.82. The number of carboxylic acid groups (broad SMARTS) is 1. The first-order chi connectivity index (χ1) is 16.2. The first-order valence-corrected chi connectivity index (χ1v) is 10.5. The minimum Gasteiger partial charge on any atom is -0.508 e. The maximum absolute atomic E-state index is 12.9. The molecule has 11 heteroatoms. The van der Waals surface area contributed by atoms with Crippen molar-refractivity contribution in [3.05, 3.63) is 65.7 Å². The Bertz CT molecular complexity index is 983. The van der Waals surface area contributed by atoms with Crippen LogP contribution < -0.4 is 21.7 Å². The third-order valence-electron chi connectivity index (χ3n) is 4.87. The van der Waals surface area contributed by atoms with Crippen LogP contribution in [0.25, 0.3) is 0 Å². The number of carbonyl (C=O) groups excluding carboxylic acids is 3. The lowest BCUT2D eigenvalue weighted by Gasteiger charge is -2.23. The SMILES string of the molecule is NC(Cc1ccc(O)cc1)C(=O)NC(Cc1ccccc1)C(=O)NC(CO)C(=O)NCC(=O)O. The highest BCUT2D eigenvalue weighted by Crippen LogP contribution is 2.11. The van der Waals surface area contributed by atoms with E-state index in [0.717, 1.165) is 5.56 Å². The van der Waals surface area contributed by atoms with Gasteiger partial charge in [0.25, 0.3) is 0 Å². The van der Waals surface area contributed by atoms with Crippen LogP contribution in [0.3, 0.4) is 0 Å². The molecule has 0 aliphatic rings. The first-order valence-electron chi connectivity index (χ1n) is 10.5. The van der Waals surface area contributed by atoms with Crippen molar-refractivity contribution in [1.82, 2.24) is 16.0 Å². The molecular formula is C23H28N4O7. The number of nitrogens with two attached hydrogens (primary N) is 1. The Morgan fingerprint density at radius 2 is 1.38 bits per heavy atom. The topological polar surface area (TPSA) is 191 Å². The fourth-order valence-electron chi connectivity index (χ4n) is 3.07. The molecule has 2 aromatic carbocycles. The molecule has 2 rings (SSSR count). The van der Waals surface area contributed by atoms with E-state index in [4.69, 9.17) is 10.8 Å². The number of aliphatic hydroxyl groups is 1. The molecule has 3 amide bonds. The summed E-state index contributed by atoms with van der Waals surface area (Å²) in [7, 11) is 0. The van der Waals surface area contributed by atoms with Crippen molar-refractivity contribution in [3.63, 3.8) is 0 Å². The van der Waals surface area contributed by atoms with Gasteiger partial charge in [0.2, 0.25) is 17.7 Å². The maximum Gasteiger partial charge on any atom is 0.322 e. The summed E-state index contributed by atoms with van der Waals surface area (Å²) in [6.45, 7) is -1.45. The van der Waals surface area contributed by atoms with Crippen LogP contribution in [0.15, 0.2) is 54.6 Å². The summed E-state index contributed by atoms with van der Waals surface area (Å²) in [6, 6.07) is 11.5. The lowest BCUT2D eigenvalue weighted by atomic mass is 10.0. The highest BCUT2D eigenvalue weighted by atomic mass is 16.4. The zero-order chi connectivity index (χ0) is 25.1. The Kier molecular flexibility index (Phi) is 9.99. The van der Waals surface area contributed by atoms with Crippen molar-refractivity contribution >= 4 is 23.7 Å². The summed E-state index contributed by atoms with van der Waals surface area (Å²) < 4.78 is 0. The van der Waals surface area contributed by atoms with Crippen molar-refractivity contribution < 1.29 is 34.5 Å². The van der Waals surface area contributed by atoms with Crippen LogP contribution in [0.5, 0.6) is 5.75 Å². The van der Waals surface area contributed by atoms with E-state index in [0.29, 0.717) is 5.56 Å². The molecule has 0 aliphatic carbocycles. The average molecular weight is 472 g/mol. The van der Waals surface area contributed by atoms with E-state index in [2.05, 4.69) is 16.0 Å². The van der Waals surface area contributed by atoms with Crippen LogP contribution in [-0.2, 0) is 32.0 Å².